The number of nitrogens with one attached hydrogen (secondary N) is 4. The van der Waals surface area contributed by atoms with E-state index in [0.29, 0.717) is 5.76 Å². The lowest BCUT2D eigenvalue weighted by atomic mass is 10.1. The molecule has 2 aromatic carbocycles. The van der Waals surface area contributed by atoms with Crippen LogP contribution in [0.1, 0.15) is 0 Å². The predicted octanol–water partition coefficient (Wildman–Crippen LogP) is 3.22. The molecule has 0 radical (unpaired) electrons. The summed E-state index contributed by atoms with van der Waals surface area (Å²) in [5, 5.41) is 20.2. The highest BCUT2D eigenvalue weighted by Gasteiger charge is 2.10. The number of rotatable bonds is 4. The Morgan fingerprint density at radius 2 is 1.52 bits per heavy atom. The highest BCUT2D eigenvalue weighted by molar-refractivity contribution is 5.95. The molecule has 0 atom stereocenters. The Kier molecular flexibility index (Phi) is 4.38. The van der Waals surface area contributed by atoms with Crippen LogP contribution in [0.3, 0.4) is 0 Å². The van der Waals surface area contributed by atoms with E-state index >= 15 is 0 Å². The normalized spacial score (nSPS) is 10.2. The van der Waals surface area contributed by atoms with Crippen LogP contribution < -0.4 is 22.1 Å². The Labute approximate surface area is 144 Å². The van der Waals surface area contributed by atoms with E-state index in [1.165, 1.54) is 0 Å². The van der Waals surface area contributed by atoms with Crippen molar-refractivity contribution in [3.8, 4) is 22.5 Å². The maximum absolute atomic E-state index is 7.41. The molecule has 1 aromatic heterocycles. The Balaban J connectivity index is 1.88. The fourth-order valence-corrected chi connectivity index (χ4v) is 2.49. The summed E-state index contributed by atoms with van der Waals surface area (Å²) in [6, 6.07) is 16.9. The first-order chi connectivity index (χ1) is 12.0. The van der Waals surface area contributed by atoms with Crippen molar-refractivity contribution in [1.82, 2.24) is 0 Å². The van der Waals surface area contributed by atoms with Gasteiger partial charge in [-0.3, -0.25) is 10.8 Å². The zero-order valence-electron chi connectivity index (χ0n) is 13.3. The predicted molar refractivity (Wildman–Crippen MR) is 101 cm³/mol. The van der Waals surface area contributed by atoms with Crippen molar-refractivity contribution in [3.63, 3.8) is 0 Å². The van der Waals surface area contributed by atoms with E-state index in [1.54, 1.807) is 6.26 Å². The zero-order chi connectivity index (χ0) is 17.8. The topological polar surface area (TPSA) is 137 Å². The Bertz CT molecular complexity index is 913. The largest absolute Gasteiger partial charge is 0.464 e. The van der Waals surface area contributed by atoms with Gasteiger partial charge in [0.15, 0.2) is 11.9 Å². The second-order valence-corrected chi connectivity index (χ2v) is 5.40. The van der Waals surface area contributed by atoms with E-state index in [0.717, 1.165) is 28.1 Å². The molecule has 0 amide bonds. The third-order valence-corrected chi connectivity index (χ3v) is 3.56. The summed E-state index contributed by atoms with van der Waals surface area (Å²) in [7, 11) is 0. The van der Waals surface area contributed by atoms with E-state index in [-0.39, 0.29) is 11.9 Å². The summed E-state index contributed by atoms with van der Waals surface area (Å²) in [6.07, 6.45) is 1.66. The molecule has 0 aliphatic heterocycles. The Morgan fingerprint density at radius 3 is 2.20 bits per heavy atom. The maximum atomic E-state index is 7.41. The number of para-hydroxylation sites is 1. The van der Waals surface area contributed by atoms with Gasteiger partial charge in [-0.15, -0.1) is 0 Å². The van der Waals surface area contributed by atoms with Crippen molar-refractivity contribution in [2.75, 3.05) is 10.6 Å². The minimum atomic E-state index is -0.121. The molecule has 0 fully saturated rings. The van der Waals surface area contributed by atoms with Crippen LogP contribution in [0.2, 0.25) is 0 Å². The zero-order valence-corrected chi connectivity index (χ0v) is 13.3. The molecule has 0 spiro atoms. The number of benzene rings is 2. The van der Waals surface area contributed by atoms with Crippen molar-refractivity contribution < 1.29 is 4.42 Å². The smallest absolute Gasteiger partial charge is 0.190 e. The first-order valence-corrected chi connectivity index (χ1v) is 7.53. The fraction of sp³-hybridized carbons (Fsp3) is 0. The first-order valence-electron chi connectivity index (χ1n) is 7.53. The van der Waals surface area contributed by atoms with Crippen LogP contribution in [0.25, 0.3) is 22.5 Å². The van der Waals surface area contributed by atoms with E-state index in [4.69, 9.17) is 26.7 Å². The number of anilines is 2. The number of guanidine groups is 2. The molecule has 1 heterocycles. The standard InChI is InChI=1S/C18H18N6O/c19-17(20)23-13-7-5-11(6-8-13)16-9-12(10-25-16)14-3-1-2-4-15(14)24-18(21)22/h1-10H,(H4,19,20,23)(H4,21,22,24). The summed E-state index contributed by atoms with van der Waals surface area (Å²) < 4.78 is 5.69. The first kappa shape index (κ1) is 16.1. The lowest BCUT2D eigenvalue weighted by Gasteiger charge is -2.08. The van der Waals surface area contributed by atoms with Crippen LogP contribution in [-0.2, 0) is 0 Å². The van der Waals surface area contributed by atoms with E-state index < -0.39 is 0 Å². The van der Waals surface area contributed by atoms with Crippen LogP contribution in [-0.4, -0.2) is 11.9 Å². The highest BCUT2D eigenvalue weighted by atomic mass is 16.3. The molecule has 126 valence electrons. The van der Waals surface area contributed by atoms with Crippen LogP contribution in [0.5, 0.6) is 0 Å². The van der Waals surface area contributed by atoms with E-state index in [9.17, 15) is 0 Å². The summed E-state index contributed by atoms with van der Waals surface area (Å²) >= 11 is 0. The average Bonchev–Trinajstić information content (AvgIpc) is 3.05. The molecular weight excluding hydrogens is 316 g/mol. The van der Waals surface area contributed by atoms with Crippen molar-refractivity contribution in [1.29, 1.82) is 10.8 Å². The average molecular weight is 334 g/mol. The molecular formula is C18H18N6O. The van der Waals surface area contributed by atoms with Crippen molar-refractivity contribution >= 4 is 23.3 Å². The Hall–Kier alpha value is -3.74. The van der Waals surface area contributed by atoms with Gasteiger partial charge in [0, 0.05) is 28.1 Å². The van der Waals surface area contributed by atoms with E-state index in [2.05, 4.69) is 10.6 Å². The number of nitrogens with two attached hydrogens (primary N) is 2. The molecule has 0 bridgehead atoms. The summed E-state index contributed by atoms with van der Waals surface area (Å²) in [6.45, 7) is 0. The SMILES string of the molecule is N=C(N)Nc1ccc(-c2cc(-c3ccccc3NC(=N)N)co2)cc1. The Morgan fingerprint density at radius 1 is 0.840 bits per heavy atom. The van der Waals surface area contributed by atoms with Crippen LogP contribution >= 0.6 is 0 Å². The summed E-state index contributed by atoms with van der Waals surface area (Å²) in [5.41, 5.74) is 14.9. The van der Waals surface area contributed by atoms with Gasteiger partial charge < -0.3 is 26.5 Å². The molecule has 7 nitrogen and oxygen atoms in total. The molecule has 0 aliphatic carbocycles. The quantitative estimate of drug-likeness (QED) is 0.321. The number of furan rings is 1. The molecule has 0 saturated heterocycles. The molecule has 25 heavy (non-hydrogen) atoms. The van der Waals surface area contributed by atoms with Gasteiger partial charge in [0.2, 0.25) is 0 Å². The van der Waals surface area contributed by atoms with Gasteiger partial charge in [0.25, 0.3) is 0 Å². The molecule has 7 heteroatoms. The molecule has 0 saturated carbocycles. The van der Waals surface area contributed by atoms with E-state index in [1.807, 2.05) is 54.6 Å². The van der Waals surface area contributed by atoms with Crippen molar-refractivity contribution in [3.05, 3.63) is 60.9 Å². The fourth-order valence-electron chi connectivity index (χ4n) is 2.49. The van der Waals surface area contributed by atoms with Gasteiger partial charge >= 0.3 is 0 Å². The minimum absolute atomic E-state index is 0.109. The molecule has 8 N–H and O–H groups in total. The molecule has 3 aromatic rings. The van der Waals surface area contributed by atoms with Crippen molar-refractivity contribution in [2.24, 2.45) is 11.5 Å². The second kappa shape index (κ2) is 6.79. The second-order valence-electron chi connectivity index (χ2n) is 5.40. The minimum Gasteiger partial charge on any atom is -0.464 e. The summed E-state index contributed by atoms with van der Waals surface area (Å²) in [5.74, 6) is 0.481. The third-order valence-electron chi connectivity index (χ3n) is 3.56. The van der Waals surface area contributed by atoms with Crippen LogP contribution in [0.4, 0.5) is 11.4 Å². The highest BCUT2D eigenvalue weighted by Crippen LogP contribution is 2.33. The van der Waals surface area contributed by atoms with Gasteiger partial charge in [-0.2, -0.15) is 0 Å². The molecule has 3 rings (SSSR count). The molecule has 0 unspecified atom stereocenters. The monoisotopic (exact) mass is 334 g/mol. The van der Waals surface area contributed by atoms with Gasteiger partial charge in [-0.05, 0) is 36.4 Å². The van der Waals surface area contributed by atoms with Crippen molar-refractivity contribution in [2.45, 2.75) is 0 Å². The van der Waals surface area contributed by atoms with Gasteiger partial charge in [0.1, 0.15) is 5.76 Å². The third kappa shape index (κ3) is 3.78. The number of hydrogen-bond acceptors (Lipinski definition) is 3. The molecule has 0 aliphatic rings. The number of hydrogen-bond donors (Lipinski definition) is 6. The van der Waals surface area contributed by atoms with Gasteiger partial charge in [-0.1, -0.05) is 18.2 Å². The lowest BCUT2D eigenvalue weighted by Crippen LogP contribution is -2.20. The van der Waals surface area contributed by atoms with Crippen LogP contribution in [0, 0.1) is 10.8 Å². The van der Waals surface area contributed by atoms with Gasteiger partial charge in [-0.25, -0.2) is 0 Å². The maximum Gasteiger partial charge on any atom is 0.190 e. The lowest BCUT2D eigenvalue weighted by molar-refractivity contribution is 0.583. The summed E-state index contributed by atoms with van der Waals surface area (Å²) in [4.78, 5) is 0. The van der Waals surface area contributed by atoms with Crippen LogP contribution in [0.15, 0.2) is 65.3 Å². The van der Waals surface area contributed by atoms with Gasteiger partial charge in [0.05, 0.1) is 6.26 Å².